The zero-order valence-corrected chi connectivity index (χ0v) is 13.5. The molecule has 0 saturated heterocycles. The summed E-state index contributed by atoms with van der Waals surface area (Å²) in [4.78, 5) is 0. The van der Waals surface area contributed by atoms with Gasteiger partial charge in [0.1, 0.15) is 11.5 Å². The summed E-state index contributed by atoms with van der Waals surface area (Å²) in [5.74, 6) is 0.623. The molecule has 2 heteroatoms. The molecule has 0 aliphatic rings. The SMILES string of the molecule is CCCCCCCCc1c(O)ccc(O)c1C(C)(C)C. The summed E-state index contributed by atoms with van der Waals surface area (Å²) >= 11 is 0. The Morgan fingerprint density at radius 2 is 1.40 bits per heavy atom. The van der Waals surface area contributed by atoms with E-state index in [2.05, 4.69) is 27.7 Å². The van der Waals surface area contributed by atoms with Crippen LogP contribution in [0, 0.1) is 0 Å². The molecule has 0 aliphatic heterocycles. The number of benzene rings is 1. The van der Waals surface area contributed by atoms with Gasteiger partial charge in [0.2, 0.25) is 0 Å². The number of rotatable bonds is 7. The van der Waals surface area contributed by atoms with Crippen LogP contribution in [0.1, 0.15) is 77.3 Å². The number of phenolic OH excluding ortho intramolecular Hbond substituents is 2. The summed E-state index contributed by atoms with van der Waals surface area (Å²) in [6, 6.07) is 3.21. The summed E-state index contributed by atoms with van der Waals surface area (Å²) in [6.45, 7) is 8.45. The highest BCUT2D eigenvalue weighted by molar-refractivity contribution is 5.50. The second-order valence-corrected chi connectivity index (χ2v) is 6.73. The summed E-state index contributed by atoms with van der Waals surface area (Å²) in [5.41, 5.74) is 1.67. The zero-order valence-electron chi connectivity index (χ0n) is 13.5. The van der Waals surface area contributed by atoms with E-state index in [1.807, 2.05) is 0 Å². The van der Waals surface area contributed by atoms with E-state index in [9.17, 15) is 10.2 Å². The van der Waals surface area contributed by atoms with Gasteiger partial charge in [0, 0.05) is 11.1 Å². The minimum Gasteiger partial charge on any atom is -0.508 e. The topological polar surface area (TPSA) is 40.5 Å². The van der Waals surface area contributed by atoms with Gasteiger partial charge in [-0.3, -0.25) is 0 Å². The van der Waals surface area contributed by atoms with Gasteiger partial charge in [-0.25, -0.2) is 0 Å². The van der Waals surface area contributed by atoms with Crippen molar-refractivity contribution in [3.05, 3.63) is 23.3 Å². The van der Waals surface area contributed by atoms with Crippen molar-refractivity contribution in [3.63, 3.8) is 0 Å². The van der Waals surface area contributed by atoms with Crippen LogP contribution in [0.25, 0.3) is 0 Å². The van der Waals surface area contributed by atoms with Crippen molar-refractivity contribution in [2.24, 2.45) is 0 Å². The van der Waals surface area contributed by atoms with Crippen LogP contribution in [0.2, 0.25) is 0 Å². The third kappa shape index (κ3) is 4.73. The Kier molecular flexibility index (Phi) is 6.38. The molecule has 114 valence electrons. The summed E-state index contributed by atoms with van der Waals surface area (Å²) in [6.07, 6.45) is 8.25. The van der Waals surface area contributed by atoms with Crippen molar-refractivity contribution in [1.82, 2.24) is 0 Å². The second-order valence-electron chi connectivity index (χ2n) is 6.73. The van der Waals surface area contributed by atoms with Crippen molar-refractivity contribution in [2.45, 2.75) is 78.1 Å². The third-order valence-corrected chi connectivity index (χ3v) is 3.80. The minimum atomic E-state index is -0.152. The van der Waals surface area contributed by atoms with Crippen molar-refractivity contribution >= 4 is 0 Å². The molecule has 0 heterocycles. The fourth-order valence-electron chi connectivity index (χ4n) is 2.80. The molecule has 0 amide bonds. The van der Waals surface area contributed by atoms with Gasteiger partial charge in [0.25, 0.3) is 0 Å². The predicted octanol–water partition coefficient (Wildman–Crippen LogP) is 5.30. The monoisotopic (exact) mass is 278 g/mol. The van der Waals surface area contributed by atoms with Crippen LogP contribution in [0.4, 0.5) is 0 Å². The van der Waals surface area contributed by atoms with Crippen molar-refractivity contribution in [1.29, 1.82) is 0 Å². The average molecular weight is 278 g/mol. The third-order valence-electron chi connectivity index (χ3n) is 3.80. The first-order valence-corrected chi connectivity index (χ1v) is 7.92. The molecule has 0 radical (unpaired) electrons. The highest BCUT2D eigenvalue weighted by atomic mass is 16.3. The van der Waals surface area contributed by atoms with Crippen molar-refractivity contribution < 1.29 is 10.2 Å². The normalized spacial score (nSPS) is 11.8. The quantitative estimate of drug-likeness (QED) is 0.525. The maximum Gasteiger partial charge on any atom is 0.119 e. The van der Waals surface area contributed by atoms with Crippen LogP contribution in [0.15, 0.2) is 12.1 Å². The van der Waals surface area contributed by atoms with Gasteiger partial charge >= 0.3 is 0 Å². The molecule has 1 rings (SSSR count). The van der Waals surface area contributed by atoms with Gasteiger partial charge in [0.05, 0.1) is 0 Å². The number of unbranched alkanes of at least 4 members (excludes halogenated alkanes) is 5. The van der Waals surface area contributed by atoms with Gasteiger partial charge in [-0.05, 0) is 30.4 Å². The molecular formula is C18H30O2. The molecule has 1 aromatic rings. The van der Waals surface area contributed by atoms with Crippen LogP contribution < -0.4 is 0 Å². The smallest absolute Gasteiger partial charge is 0.119 e. The van der Waals surface area contributed by atoms with E-state index in [4.69, 9.17) is 0 Å². The Hall–Kier alpha value is -1.18. The van der Waals surface area contributed by atoms with Gasteiger partial charge in [-0.15, -0.1) is 0 Å². The average Bonchev–Trinajstić information content (AvgIpc) is 2.36. The van der Waals surface area contributed by atoms with Gasteiger partial charge < -0.3 is 10.2 Å². The lowest BCUT2D eigenvalue weighted by atomic mass is 9.81. The number of phenols is 2. The van der Waals surface area contributed by atoms with E-state index in [0.717, 1.165) is 24.0 Å². The molecule has 0 spiro atoms. The van der Waals surface area contributed by atoms with E-state index in [1.165, 1.54) is 32.1 Å². The van der Waals surface area contributed by atoms with E-state index in [-0.39, 0.29) is 5.41 Å². The molecule has 0 fully saturated rings. The maximum absolute atomic E-state index is 10.1. The fraction of sp³-hybridized carbons (Fsp3) is 0.667. The van der Waals surface area contributed by atoms with Crippen LogP contribution >= 0.6 is 0 Å². The van der Waals surface area contributed by atoms with E-state index in [1.54, 1.807) is 12.1 Å². The van der Waals surface area contributed by atoms with Crippen molar-refractivity contribution in [2.75, 3.05) is 0 Å². The molecule has 20 heavy (non-hydrogen) atoms. The largest absolute Gasteiger partial charge is 0.508 e. The molecule has 2 N–H and O–H groups in total. The van der Waals surface area contributed by atoms with E-state index < -0.39 is 0 Å². The first kappa shape index (κ1) is 16.9. The first-order valence-electron chi connectivity index (χ1n) is 7.92. The number of aromatic hydroxyl groups is 2. The maximum atomic E-state index is 10.1. The Bertz CT molecular complexity index is 416. The van der Waals surface area contributed by atoms with Gasteiger partial charge in [-0.2, -0.15) is 0 Å². The summed E-state index contributed by atoms with van der Waals surface area (Å²) < 4.78 is 0. The van der Waals surface area contributed by atoms with Crippen LogP contribution in [-0.4, -0.2) is 10.2 Å². The summed E-state index contributed by atoms with van der Waals surface area (Å²) in [5, 5.41) is 20.2. The Labute approximate surface area is 123 Å². The van der Waals surface area contributed by atoms with Gasteiger partial charge in [0.15, 0.2) is 0 Å². The standard InChI is InChI=1S/C18H30O2/c1-5-6-7-8-9-10-11-14-15(19)12-13-16(20)17(14)18(2,3)4/h12-13,19-20H,5-11H2,1-4H3. The Morgan fingerprint density at radius 1 is 0.850 bits per heavy atom. The molecule has 0 bridgehead atoms. The molecule has 2 nitrogen and oxygen atoms in total. The first-order chi connectivity index (χ1) is 9.38. The highest BCUT2D eigenvalue weighted by Gasteiger charge is 2.23. The molecule has 0 aliphatic carbocycles. The summed E-state index contributed by atoms with van der Waals surface area (Å²) in [7, 11) is 0. The molecular weight excluding hydrogens is 248 g/mol. The highest BCUT2D eigenvalue weighted by Crippen LogP contribution is 2.38. The van der Waals surface area contributed by atoms with Crippen LogP contribution in [0.5, 0.6) is 11.5 Å². The second kappa shape index (κ2) is 7.56. The molecule has 0 saturated carbocycles. The lowest BCUT2D eigenvalue weighted by Crippen LogP contribution is -2.15. The number of hydrogen-bond donors (Lipinski definition) is 2. The van der Waals surface area contributed by atoms with Gasteiger partial charge in [-0.1, -0.05) is 59.8 Å². The Morgan fingerprint density at radius 3 is 2.00 bits per heavy atom. The molecule has 0 aromatic heterocycles. The fourth-order valence-corrected chi connectivity index (χ4v) is 2.80. The predicted molar refractivity (Wildman–Crippen MR) is 85.6 cm³/mol. The van der Waals surface area contributed by atoms with E-state index in [0.29, 0.717) is 11.5 Å². The minimum absolute atomic E-state index is 0.152. The lowest BCUT2D eigenvalue weighted by molar-refractivity contribution is 0.427. The Balaban J connectivity index is 2.71. The molecule has 0 unspecified atom stereocenters. The van der Waals surface area contributed by atoms with E-state index >= 15 is 0 Å². The van der Waals surface area contributed by atoms with Crippen LogP contribution in [0.3, 0.4) is 0 Å². The molecule has 1 aromatic carbocycles. The zero-order chi connectivity index (χ0) is 15.2. The van der Waals surface area contributed by atoms with Crippen LogP contribution in [-0.2, 0) is 11.8 Å². The lowest BCUT2D eigenvalue weighted by Gasteiger charge is -2.25. The molecule has 0 atom stereocenters. The number of hydrogen-bond acceptors (Lipinski definition) is 2. The van der Waals surface area contributed by atoms with Crippen molar-refractivity contribution in [3.8, 4) is 11.5 Å².